The molecule has 0 radical (unpaired) electrons. The van der Waals surface area contributed by atoms with Gasteiger partial charge in [-0.25, -0.2) is 0 Å². The Bertz CT molecular complexity index is 615. The maximum absolute atomic E-state index is 6.30. The fourth-order valence-electron chi connectivity index (χ4n) is 2.27. The second-order valence-corrected chi connectivity index (χ2v) is 5.23. The molecular formula is C16H16ClNO2. The minimum atomic E-state index is -0.231. The van der Waals surface area contributed by atoms with Crippen molar-refractivity contribution < 1.29 is 9.47 Å². The molecule has 20 heavy (non-hydrogen) atoms. The lowest BCUT2D eigenvalue weighted by molar-refractivity contribution is 0.297. The van der Waals surface area contributed by atoms with Crippen LogP contribution in [0.15, 0.2) is 42.5 Å². The Balaban J connectivity index is 1.92. The number of rotatable bonds is 2. The molecule has 0 fully saturated rings. The largest absolute Gasteiger partial charge is 0.490 e. The van der Waals surface area contributed by atoms with E-state index in [4.69, 9.17) is 26.8 Å². The van der Waals surface area contributed by atoms with Crippen molar-refractivity contribution in [3.8, 4) is 11.5 Å². The highest BCUT2D eigenvalue weighted by Gasteiger charge is 2.15. The molecule has 3 nitrogen and oxygen atoms in total. The summed E-state index contributed by atoms with van der Waals surface area (Å²) in [7, 11) is 0. The number of ether oxygens (including phenoxy) is 2. The Labute approximate surface area is 123 Å². The molecule has 2 aromatic carbocycles. The maximum Gasteiger partial charge on any atom is 0.161 e. The van der Waals surface area contributed by atoms with Crippen molar-refractivity contribution in [3.63, 3.8) is 0 Å². The normalized spacial score (nSPS) is 15.5. The van der Waals surface area contributed by atoms with Crippen molar-refractivity contribution in [2.24, 2.45) is 5.73 Å². The molecule has 1 aliphatic rings. The lowest BCUT2D eigenvalue weighted by Gasteiger charge is -2.15. The van der Waals surface area contributed by atoms with Gasteiger partial charge in [0.25, 0.3) is 0 Å². The molecule has 3 rings (SSSR count). The van der Waals surface area contributed by atoms with Gasteiger partial charge in [0.05, 0.1) is 19.3 Å². The summed E-state index contributed by atoms with van der Waals surface area (Å²) in [5, 5.41) is 0.687. The molecule has 2 aromatic rings. The van der Waals surface area contributed by atoms with Crippen LogP contribution in [-0.2, 0) is 0 Å². The number of fused-ring (bicyclic) bond motifs is 1. The van der Waals surface area contributed by atoms with E-state index in [-0.39, 0.29) is 6.04 Å². The first-order valence-electron chi connectivity index (χ1n) is 6.64. The zero-order valence-corrected chi connectivity index (χ0v) is 11.8. The molecule has 4 heteroatoms. The first-order valence-corrected chi connectivity index (χ1v) is 7.02. The summed E-state index contributed by atoms with van der Waals surface area (Å²) in [5.41, 5.74) is 8.26. The summed E-state index contributed by atoms with van der Waals surface area (Å²) < 4.78 is 11.3. The van der Waals surface area contributed by atoms with Crippen LogP contribution in [0.2, 0.25) is 5.02 Å². The lowest BCUT2D eigenvalue weighted by Crippen LogP contribution is -2.12. The Morgan fingerprint density at radius 2 is 1.70 bits per heavy atom. The van der Waals surface area contributed by atoms with Gasteiger partial charge in [-0.3, -0.25) is 0 Å². The molecule has 1 heterocycles. The Morgan fingerprint density at radius 1 is 0.950 bits per heavy atom. The highest BCUT2D eigenvalue weighted by molar-refractivity contribution is 6.30. The quantitative estimate of drug-likeness (QED) is 0.919. The second-order valence-electron chi connectivity index (χ2n) is 4.79. The predicted molar refractivity (Wildman–Crippen MR) is 79.5 cm³/mol. The van der Waals surface area contributed by atoms with Gasteiger partial charge in [0.1, 0.15) is 0 Å². The minimum Gasteiger partial charge on any atom is -0.490 e. The Morgan fingerprint density at radius 3 is 2.50 bits per heavy atom. The van der Waals surface area contributed by atoms with Gasteiger partial charge in [-0.1, -0.05) is 29.8 Å². The molecule has 1 unspecified atom stereocenters. The molecule has 0 aromatic heterocycles. The standard InChI is InChI=1S/C16H16ClNO2/c17-13-4-1-3-11(9-13)16(18)12-5-6-14-15(10-12)20-8-2-7-19-14/h1,3-6,9-10,16H,2,7-8,18H2. The Hall–Kier alpha value is -1.71. The first kappa shape index (κ1) is 13.3. The molecule has 0 saturated carbocycles. The van der Waals surface area contributed by atoms with Gasteiger partial charge in [0.15, 0.2) is 11.5 Å². The number of halogens is 1. The van der Waals surface area contributed by atoms with Crippen LogP contribution in [0.3, 0.4) is 0 Å². The van der Waals surface area contributed by atoms with E-state index >= 15 is 0 Å². The third kappa shape index (κ3) is 2.74. The molecular weight excluding hydrogens is 274 g/mol. The number of nitrogens with two attached hydrogens (primary N) is 1. The van der Waals surface area contributed by atoms with Crippen molar-refractivity contribution in [3.05, 3.63) is 58.6 Å². The lowest BCUT2D eigenvalue weighted by atomic mass is 9.99. The molecule has 1 atom stereocenters. The molecule has 104 valence electrons. The van der Waals surface area contributed by atoms with Gasteiger partial charge < -0.3 is 15.2 Å². The van der Waals surface area contributed by atoms with Gasteiger partial charge in [0.2, 0.25) is 0 Å². The van der Waals surface area contributed by atoms with Crippen LogP contribution < -0.4 is 15.2 Å². The SMILES string of the molecule is NC(c1cccc(Cl)c1)c1ccc2c(c1)OCCCO2. The fraction of sp³-hybridized carbons (Fsp3) is 0.250. The van der Waals surface area contributed by atoms with E-state index < -0.39 is 0 Å². The van der Waals surface area contributed by atoms with Crippen molar-refractivity contribution in [2.45, 2.75) is 12.5 Å². The van der Waals surface area contributed by atoms with Crippen LogP contribution >= 0.6 is 11.6 Å². The Kier molecular flexibility index (Phi) is 3.81. The summed E-state index contributed by atoms with van der Waals surface area (Å²) in [6, 6.07) is 13.2. The molecule has 2 N–H and O–H groups in total. The van der Waals surface area contributed by atoms with E-state index in [1.165, 1.54) is 0 Å². The number of hydrogen-bond donors (Lipinski definition) is 1. The second kappa shape index (κ2) is 5.73. The van der Waals surface area contributed by atoms with Crippen LogP contribution in [-0.4, -0.2) is 13.2 Å². The summed E-state index contributed by atoms with van der Waals surface area (Å²) >= 11 is 6.01. The van der Waals surface area contributed by atoms with Crippen LogP contribution in [0.5, 0.6) is 11.5 Å². The van der Waals surface area contributed by atoms with Gasteiger partial charge in [0, 0.05) is 11.4 Å². The number of benzene rings is 2. The monoisotopic (exact) mass is 289 g/mol. The number of hydrogen-bond acceptors (Lipinski definition) is 3. The van der Waals surface area contributed by atoms with Crippen molar-refractivity contribution in [2.75, 3.05) is 13.2 Å². The van der Waals surface area contributed by atoms with Crippen molar-refractivity contribution in [1.82, 2.24) is 0 Å². The van der Waals surface area contributed by atoms with E-state index in [1.54, 1.807) is 0 Å². The molecule has 0 amide bonds. The summed E-state index contributed by atoms with van der Waals surface area (Å²) in [5.74, 6) is 1.54. The molecule has 0 spiro atoms. The van der Waals surface area contributed by atoms with Gasteiger partial charge in [-0.05, 0) is 35.4 Å². The topological polar surface area (TPSA) is 44.5 Å². The average molecular weight is 290 g/mol. The summed E-state index contributed by atoms with van der Waals surface area (Å²) in [6.45, 7) is 1.36. The van der Waals surface area contributed by atoms with E-state index in [9.17, 15) is 0 Å². The predicted octanol–water partition coefficient (Wildman–Crippen LogP) is 3.55. The molecule has 0 aliphatic carbocycles. The van der Waals surface area contributed by atoms with E-state index in [0.717, 1.165) is 29.0 Å². The zero-order valence-electron chi connectivity index (χ0n) is 11.0. The summed E-state index contributed by atoms with van der Waals surface area (Å²) in [4.78, 5) is 0. The zero-order chi connectivity index (χ0) is 13.9. The van der Waals surface area contributed by atoms with Crippen LogP contribution in [0, 0.1) is 0 Å². The first-order chi connectivity index (χ1) is 9.74. The highest BCUT2D eigenvalue weighted by Crippen LogP contribution is 2.33. The third-order valence-corrected chi connectivity index (χ3v) is 3.57. The average Bonchev–Trinajstić information content (AvgIpc) is 2.71. The van der Waals surface area contributed by atoms with E-state index in [0.29, 0.717) is 18.2 Å². The highest BCUT2D eigenvalue weighted by atomic mass is 35.5. The van der Waals surface area contributed by atoms with Crippen LogP contribution in [0.25, 0.3) is 0 Å². The van der Waals surface area contributed by atoms with E-state index in [2.05, 4.69) is 0 Å². The molecule has 0 bridgehead atoms. The van der Waals surface area contributed by atoms with Crippen LogP contribution in [0.4, 0.5) is 0 Å². The van der Waals surface area contributed by atoms with Gasteiger partial charge >= 0.3 is 0 Å². The summed E-state index contributed by atoms with van der Waals surface area (Å²) in [6.07, 6.45) is 0.893. The third-order valence-electron chi connectivity index (χ3n) is 3.34. The van der Waals surface area contributed by atoms with Crippen LogP contribution in [0.1, 0.15) is 23.6 Å². The van der Waals surface area contributed by atoms with Gasteiger partial charge in [-0.15, -0.1) is 0 Å². The maximum atomic E-state index is 6.30. The van der Waals surface area contributed by atoms with Crippen molar-refractivity contribution >= 4 is 11.6 Å². The fourth-order valence-corrected chi connectivity index (χ4v) is 2.46. The van der Waals surface area contributed by atoms with E-state index in [1.807, 2.05) is 42.5 Å². The van der Waals surface area contributed by atoms with Crippen molar-refractivity contribution in [1.29, 1.82) is 0 Å². The molecule has 1 aliphatic heterocycles. The molecule has 0 saturated heterocycles. The minimum absolute atomic E-state index is 0.231. The smallest absolute Gasteiger partial charge is 0.161 e. The van der Waals surface area contributed by atoms with Gasteiger partial charge in [-0.2, -0.15) is 0 Å².